The van der Waals surface area contributed by atoms with Crippen molar-refractivity contribution in [3.63, 3.8) is 0 Å². The van der Waals surface area contributed by atoms with Gasteiger partial charge in [-0.3, -0.25) is 9.78 Å². The SMILES string of the molecule is CNC(=O)c1cncc(OC2=NO[C@@H](c3ccc(O)cc3)C2)c1. The zero-order valence-corrected chi connectivity index (χ0v) is 12.4. The minimum absolute atomic E-state index is 0.196. The molecule has 0 saturated carbocycles. The summed E-state index contributed by atoms with van der Waals surface area (Å²) < 4.78 is 5.62. The highest BCUT2D eigenvalue weighted by atomic mass is 16.7. The highest BCUT2D eigenvalue weighted by Gasteiger charge is 2.24. The van der Waals surface area contributed by atoms with Crippen molar-refractivity contribution in [3.05, 3.63) is 53.9 Å². The van der Waals surface area contributed by atoms with Gasteiger partial charge in [-0.2, -0.15) is 0 Å². The molecule has 1 aliphatic rings. The van der Waals surface area contributed by atoms with Crippen LogP contribution in [0.2, 0.25) is 0 Å². The summed E-state index contributed by atoms with van der Waals surface area (Å²) in [7, 11) is 1.55. The van der Waals surface area contributed by atoms with E-state index in [-0.39, 0.29) is 17.8 Å². The number of aromatic nitrogens is 1. The van der Waals surface area contributed by atoms with Crippen molar-refractivity contribution in [3.8, 4) is 11.5 Å². The summed E-state index contributed by atoms with van der Waals surface area (Å²) in [5, 5.41) is 15.7. The third kappa shape index (κ3) is 3.39. The van der Waals surface area contributed by atoms with Crippen LogP contribution in [0.25, 0.3) is 0 Å². The number of phenols is 1. The Bertz CT molecular complexity index is 743. The van der Waals surface area contributed by atoms with Crippen molar-refractivity contribution in [1.82, 2.24) is 10.3 Å². The second kappa shape index (κ2) is 6.35. The Morgan fingerprint density at radius 3 is 2.87 bits per heavy atom. The standard InChI is InChI=1S/C16H15N3O4/c1-17-16(21)11-6-13(9-18-8-11)22-15-7-14(23-19-15)10-2-4-12(20)5-3-10/h2-6,8-9,14,20H,7H2,1H3,(H,17,21)/t14-/m1/s1. The minimum Gasteiger partial charge on any atom is -0.508 e. The van der Waals surface area contributed by atoms with Gasteiger partial charge in [0.25, 0.3) is 5.91 Å². The monoisotopic (exact) mass is 313 g/mol. The number of amides is 1. The van der Waals surface area contributed by atoms with Gasteiger partial charge in [-0.1, -0.05) is 17.3 Å². The van der Waals surface area contributed by atoms with E-state index >= 15 is 0 Å². The van der Waals surface area contributed by atoms with Crippen LogP contribution in [0.5, 0.6) is 11.5 Å². The number of hydrogen-bond donors (Lipinski definition) is 2. The molecule has 0 aliphatic carbocycles. The number of hydrogen-bond acceptors (Lipinski definition) is 6. The molecule has 0 saturated heterocycles. The van der Waals surface area contributed by atoms with Crippen LogP contribution < -0.4 is 10.1 Å². The lowest BCUT2D eigenvalue weighted by Gasteiger charge is -2.08. The minimum atomic E-state index is -0.263. The summed E-state index contributed by atoms with van der Waals surface area (Å²) in [6.07, 6.45) is 3.15. The lowest BCUT2D eigenvalue weighted by Crippen LogP contribution is -2.18. The number of aromatic hydroxyl groups is 1. The average Bonchev–Trinajstić information content (AvgIpc) is 3.03. The number of carbonyl (C=O) groups excluding carboxylic acids is 1. The van der Waals surface area contributed by atoms with E-state index in [4.69, 9.17) is 9.57 Å². The lowest BCUT2D eigenvalue weighted by molar-refractivity contribution is 0.0855. The first kappa shape index (κ1) is 14.8. The molecule has 1 aromatic heterocycles. The van der Waals surface area contributed by atoms with Crippen molar-refractivity contribution in [2.24, 2.45) is 5.16 Å². The molecule has 118 valence electrons. The van der Waals surface area contributed by atoms with Crippen LogP contribution in [0, 0.1) is 0 Å². The summed E-state index contributed by atoms with van der Waals surface area (Å²) in [6.45, 7) is 0. The molecule has 23 heavy (non-hydrogen) atoms. The van der Waals surface area contributed by atoms with Gasteiger partial charge in [-0.05, 0) is 23.8 Å². The number of carbonyl (C=O) groups is 1. The Hall–Kier alpha value is -3.09. The Morgan fingerprint density at radius 1 is 1.35 bits per heavy atom. The van der Waals surface area contributed by atoms with E-state index in [1.54, 1.807) is 37.4 Å². The number of rotatable bonds is 3. The number of phenolic OH excluding ortho intramolecular Hbond substituents is 1. The zero-order valence-electron chi connectivity index (χ0n) is 12.4. The number of nitrogens with one attached hydrogen (secondary N) is 1. The molecule has 2 N–H and O–H groups in total. The Balaban J connectivity index is 1.66. The molecular formula is C16H15N3O4. The predicted octanol–water partition coefficient (Wildman–Crippen LogP) is 2.00. The van der Waals surface area contributed by atoms with Crippen LogP contribution in [0.15, 0.2) is 47.9 Å². The van der Waals surface area contributed by atoms with Gasteiger partial charge in [0.05, 0.1) is 18.2 Å². The second-order valence-electron chi connectivity index (χ2n) is 4.97. The first-order valence-electron chi connectivity index (χ1n) is 7.02. The summed E-state index contributed by atoms with van der Waals surface area (Å²) in [4.78, 5) is 20.9. The van der Waals surface area contributed by atoms with Crippen LogP contribution in [0.4, 0.5) is 0 Å². The van der Waals surface area contributed by atoms with E-state index in [9.17, 15) is 9.90 Å². The number of oxime groups is 1. The molecule has 7 heteroatoms. The van der Waals surface area contributed by atoms with E-state index in [0.717, 1.165) is 5.56 Å². The van der Waals surface area contributed by atoms with Crippen molar-refractivity contribution in [1.29, 1.82) is 0 Å². The molecule has 0 radical (unpaired) electrons. The highest BCUT2D eigenvalue weighted by molar-refractivity contribution is 5.94. The third-order valence-electron chi connectivity index (χ3n) is 3.34. The zero-order chi connectivity index (χ0) is 16.2. The Morgan fingerprint density at radius 2 is 2.13 bits per heavy atom. The van der Waals surface area contributed by atoms with Crippen molar-refractivity contribution in [2.45, 2.75) is 12.5 Å². The molecule has 2 aromatic rings. The molecular weight excluding hydrogens is 298 g/mol. The number of pyridine rings is 1. The van der Waals surface area contributed by atoms with Gasteiger partial charge >= 0.3 is 0 Å². The summed E-state index contributed by atoms with van der Waals surface area (Å²) in [6, 6.07) is 8.31. The van der Waals surface area contributed by atoms with Crippen LogP contribution >= 0.6 is 0 Å². The van der Waals surface area contributed by atoms with E-state index in [1.165, 1.54) is 12.4 Å². The number of benzene rings is 1. The van der Waals surface area contributed by atoms with Crippen LogP contribution in [0.3, 0.4) is 0 Å². The summed E-state index contributed by atoms with van der Waals surface area (Å²) >= 11 is 0. The van der Waals surface area contributed by atoms with Gasteiger partial charge in [0, 0.05) is 13.2 Å². The summed E-state index contributed by atoms with van der Waals surface area (Å²) in [5.74, 6) is 0.773. The van der Waals surface area contributed by atoms with Crippen LogP contribution in [-0.2, 0) is 4.84 Å². The topological polar surface area (TPSA) is 93.0 Å². The van der Waals surface area contributed by atoms with Crippen LogP contribution in [-0.4, -0.2) is 28.9 Å². The van der Waals surface area contributed by atoms with E-state index in [2.05, 4.69) is 15.5 Å². The van der Waals surface area contributed by atoms with E-state index < -0.39 is 0 Å². The first-order valence-corrected chi connectivity index (χ1v) is 7.02. The molecule has 0 unspecified atom stereocenters. The van der Waals surface area contributed by atoms with Gasteiger partial charge in [-0.15, -0.1) is 0 Å². The smallest absolute Gasteiger partial charge is 0.252 e. The van der Waals surface area contributed by atoms with Gasteiger partial charge in [-0.25, -0.2) is 0 Å². The molecule has 1 aliphatic heterocycles. The van der Waals surface area contributed by atoms with Gasteiger partial charge < -0.3 is 20.0 Å². The van der Waals surface area contributed by atoms with Crippen LogP contribution in [0.1, 0.15) is 28.4 Å². The maximum absolute atomic E-state index is 11.6. The molecule has 1 amide bonds. The number of ether oxygens (including phenoxy) is 1. The van der Waals surface area contributed by atoms with Crippen molar-refractivity contribution in [2.75, 3.05) is 7.05 Å². The van der Waals surface area contributed by atoms with Crippen molar-refractivity contribution < 1.29 is 19.5 Å². The molecule has 3 rings (SSSR count). The van der Waals surface area contributed by atoms with Gasteiger partial charge in [0.15, 0.2) is 6.10 Å². The van der Waals surface area contributed by atoms with E-state index in [0.29, 0.717) is 23.6 Å². The molecule has 0 spiro atoms. The lowest BCUT2D eigenvalue weighted by atomic mass is 10.1. The molecule has 7 nitrogen and oxygen atoms in total. The fraction of sp³-hybridized carbons (Fsp3) is 0.188. The molecule has 2 heterocycles. The molecule has 1 atom stereocenters. The Kier molecular flexibility index (Phi) is 4.09. The van der Waals surface area contributed by atoms with Gasteiger partial charge in [0.1, 0.15) is 11.5 Å². The maximum atomic E-state index is 11.6. The first-order chi connectivity index (χ1) is 11.2. The second-order valence-corrected chi connectivity index (χ2v) is 4.97. The normalized spacial score (nSPS) is 16.4. The Labute approximate surface area is 132 Å². The largest absolute Gasteiger partial charge is 0.508 e. The quantitative estimate of drug-likeness (QED) is 0.904. The molecule has 1 aromatic carbocycles. The molecule has 0 bridgehead atoms. The predicted molar refractivity (Wildman–Crippen MR) is 82.2 cm³/mol. The van der Waals surface area contributed by atoms with E-state index in [1.807, 2.05) is 0 Å². The molecule has 0 fully saturated rings. The maximum Gasteiger partial charge on any atom is 0.252 e. The number of nitrogens with zero attached hydrogens (tertiary/aromatic N) is 2. The van der Waals surface area contributed by atoms with Crippen molar-refractivity contribution >= 4 is 11.8 Å². The third-order valence-corrected chi connectivity index (χ3v) is 3.34. The fourth-order valence-corrected chi connectivity index (χ4v) is 2.16. The average molecular weight is 313 g/mol. The van der Waals surface area contributed by atoms with Gasteiger partial charge in [0.2, 0.25) is 5.90 Å². The summed E-state index contributed by atoms with van der Waals surface area (Å²) in [5.41, 5.74) is 1.29. The fourth-order valence-electron chi connectivity index (χ4n) is 2.16. The highest BCUT2D eigenvalue weighted by Crippen LogP contribution is 2.29.